The minimum atomic E-state index is 0.0331. The molecule has 2 rings (SSSR count). The summed E-state index contributed by atoms with van der Waals surface area (Å²) < 4.78 is 5.80. The molecule has 3 heteroatoms. The maximum Gasteiger partial charge on any atom is 0.127 e. The maximum atomic E-state index is 9.37. The molecule has 0 radical (unpaired) electrons. The van der Waals surface area contributed by atoms with Crippen LogP contribution in [-0.2, 0) is 0 Å². The molecule has 0 saturated carbocycles. The van der Waals surface area contributed by atoms with Crippen LogP contribution < -0.4 is 4.74 Å². The minimum absolute atomic E-state index is 0.0331. The third-order valence-corrected chi connectivity index (χ3v) is 2.90. The summed E-state index contributed by atoms with van der Waals surface area (Å²) in [5, 5.41) is 18.7. The average Bonchev–Trinajstić information content (AvgIpc) is 2.20. The first-order valence-corrected chi connectivity index (χ1v) is 6.09. The molecular formula is C14H18O3. The zero-order chi connectivity index (χ0) is 12.1. The standard InChI is InChI=1S/C14H18O3/c15-11-8-12(16)10-14(9-11)17-13-6-4-2-1-3-5-7-13/h1-2,8-10,13,15-16H,3-7H2/b2-1+. The normalized spacial score (nSPS) is 22.5. The van der Waals surface area contributed by atoms with Crippen LogP contribution >= 0.6 is 0 Å². The fourth-order valence-corrected chi connectivity index (χ4v) is 2.07. The van der Waals surface area contributed by atoms with Crippen molar-refractivity contribution in [1.82, 2.24) is 0 Å². The molecule has 0 amide bonds. The van der Waals surface area contributed by atoms with Crippen LogP contribution in [0.1, 0.15) is 32.1 Å². The fraction of sp³-hybridized carbons (Fsp3) is 0.429. The Hall–Kier alpha value is -1.64. The predicted molar refractivity (Wildman–Crippen MR) is 66.4 cm³/mol. The Bertz CT molecular complexity index is 378. The van der Waals surface area contributed by atoms with E-state index in [1.165, 1.54) is 18.2 Å². The van der Waals surface area contributed by atoms with Crippen molar-refractivity contribution in [2.45, 2.75) is 38.2 Å². The minimum Gasteiger partial charge on any atom is -0.508 e. The molecule has 92 valence electrons. The van der Waals surface area contributed by atoms with Crippen molar-refractivity contribution in [3.05, 3.63) is 30.4 Å². The van der Waals surface area contributed by atoms with E-state index in [2.05, 4.69) is 12.2 Å². The van der Waals surface area contributed by atoms with Gasteiger partial charge in [-0.3, -0.25) is 0 Å². The Labute approximate surface area is 101 Å². The van der Waals surface area contributed by atoms with E-state index in [-0.39, 0.29) is 17.6 Å². The summed E-state index contributed by atoms with van der Waals surface area (Å²) >= 11 is 0. The summed E-state index contributed by atoms with van der Waals surface area (Å²) in [5.74, 6) is 0.605. The lowest BCUT2D eigenvalue weighted by Gasteiger charge is -2.20. The van der Waals surface area contributed by atoms with E-state index in [9.17, 15) is 10.2 Å². The Kier molecular flexibility index (Phi) is 3.91. The van der Waals surface area contributed by atoms with E-state index in [0.717, 1.165) is 32.1 Å². The third kappa shape index (κ3) is 3.70. The van der Waals surface area contributed by atoms with E-state index in [4.69, 9.17) is 4.74 Å². The van der Waals surface area contributed by atoms with Crippen molar-refractivity contribution in [2.24, 2.45) is 0 Å². The van der Waals surface area contributed by atoms with Crippen LogP contribution in [0.15, 0.2) is 30.4 Å². The summed E-state index contributed by atoms with van der Waals surface area (Å²) in [6, 6.07) is 4.37. The van der Waals surface area contributed by atoms with Crippen LogP contribution in [0.25, 0.3) is 0 Å². The van der Waals surface area contributed by atoms with Gasteiger partial charge in [0.05, 0.1) is 6.10 Å². The van der Waals surface area contributed by atoms with Crippen molar-refractivity contribution in [3.63, 3.8) is 0 Å². The Morgan fingerprint density at radius 1 is 0.941 bits per heavy atom. The van der Waals surface area contributed by atoms with Crippen LogP contribution in [0.5, 0.6) is 17.2 Å². The molecule has 0 heterocycles. The fourth-order valence-electron chi connectivity index (χ4n) is 2.07. The van der Waals surface area contributed by atoms with E-state index in [0.29, 0.717) is 5.75 Å². The highest BCUT2D eigenvalue weighted by atomic mass is 16.5. The van der Waals surface area contributed by atoms with Crippen LogP contribution in [0, 0.1) is 0 Å². The van der Waals surface area contributed by atoms with Crippen LogP contribution in [0.4, 0.5) is 0 Å². The van der Waals surface area contributed by atoms with E-state index >= 15 is 0 Å². The van der Waals surface area contributed by atoms with Gasteiger partial charge in [-0.05, 0) is 32.1 Å². The van der Waals surface area contributed by atoms with E-state index in [1.54, 1.807) is 0 Å². The molecule has 17 heavy (non-hydrogen) atoms. The smallest absolute Gasteiger partial charge is 0.127 e. The summed E-state index contributed by atoms with van der Waals surface area (Å²) in [5.41, 5.74) is 0. The number of benzene rings is 1. The lowest BCUT2D eigenvalue weighted by Crippen LogP contribution is -2.16. The molecule has 1 aliphatic rings. The third-order valence-electron chi connectivity index (χ3n) is 2.90. The Morgan fingerprint density at radius 2 is 1.65 bits per heavy atom. The largest absolute Gasteiger partial charge is 0.508 e. The number of hydrogen-bond acceptors (Lipinski definition) is 3. The van der Waals surface area contributed by atoms with Gasteiger partial charge in [0.2, 0.25) is 0 Å². The predicted octanol–water partition coefficient (Wildman–Crippen LogP) is 3.37. The van der Waals surface area contributed by atoms with Crippen molar-refractivity contribution < 1.29 is 14.9 Å². The van der Waals surface area contributed by atoms with Crippen LogP contribution in [0.3, 0.4) is 0 Å². The van der Waals surface area contributed by atoms with Gasteiger partial charge in [0.15, 0.2) is 0 Å². The zero-order valence-corrected chi connectivity index (χ0v) is 9.80. The quantitative estimate of drug-likeness (QED) is 0.771. The van der Waals surface area contributed by atoms with Crippen LogP contribution in [-0.4, -0.2) is 16.3 Å². The van der Waals surface area contributed by atoms with Crippen molar-refractivity contribution in [3.8, 4) is 17.2 Å². The molecule has 1 aromatic rings. The lowest BCUT2D eigenvalue weighted by atomic mass is 10.0. The maximum absolute atomic E-state index is 9.37. The Balaban J connectivity index is 2.01. The van der Waals surface area contributed by atoms with Gasteiger partial charge in [0, 0.05) is 18.2 Å². The number of phenolic OH excluding ortho intramolecular Hbond substituents is 2. The van der Waals surface area contributed by atoms with Gasteiger partial charge in [-0.25, -0.2) is 0 Å². The summed E-state index contributed by atoms with van der Waals surface area (Å²) in [6.07, 6.45) is 9.81. The van der Waals surface area contributed by atoms with E-state index in [1.807, 2.05) is 0 Å². The number of ether oxygens (including phenoxy) is 1. The lowest BCUT2D eigenvalue weighted by molar-refractivity contribution is 0.177. The molecule has 1 aromatic carbocycles. The molecule has 0 fully saturated rings. The molecule has 2 N–H and O–H groups in total. The average molecular weight is 234 g/mol. The molecule has 1 atom stereocenters. The molecule has 0 aromatic heterocycles. The van der Waals surface area contributed by atoms with Gasteiger partial charge in [0.25, 0.3) is 0 Å². The highest BCUT2D eigenvalue weighted by molar-refractivity contribution is 5.40. The topological polar surface area (TPSA) is 49.7 Å². The highest BCUT2D eigenvalue weighted by Crippen LogP contribution is 2.28. The van der Waals surface area contributed by atoms with Gasteiger partial charge < -0.3 is 14.9 Å². The summed E-state index contributed by atoms with van der Waals surface area (Å²) in [6.45, 7) is 0. The molecule has 3 nitrogen and oxygen atoms in total. The first kappa shape index (κ1) is 11.8. The summed E-state index contributed by atoms with van der Waals surface area (Å²) in [7, 11) is 0. The van der Waals surface area contributed by atoms with Crippen molar-refractivity contribution in [1.29, 1.82) is 0 Å². The molecule has 0 spiro atoms. The molecular weight excluding hydrogens is 216 g/mol. The monoisotopic (exact) mass is 234 g/mol. The second kappa shape index (κ2) is 5.62. The number of rotatable bonds is 2. The van der Waals surface area contributed by atoms with Crippen LogP contribution in [0.2, 0.25) is 0 Å². The second-order valence-electron chi connectivity index (χ2n) is 4.40. The number of hydrogen-bond donors (Lipinski definition) is 2. The first-order chi connectivity index (χ1) is 8.24. The number of aromatic hydroxyl groups is 2. The molecule has 0 aliphatic heterocycles. The molecule has 0 bridgehead atoms. The SMILES string of the molecule is Oc1cc(O)cc(OC2CC/C=C/CCC2)c1. The molecule has 0 saturated heterocycles. The van der Waals surface area contributed by atoms with Gasteiger partial charge in [-0.15, -0.1) is 0 Å². The zero-order valence-electron chi connectivity index (χ0n) is 9.80. The van der Waals surface area contributed by atoms with Crippen molar-refractivity contribution in [2.75, 3.05) is 0 Å². The molecule has 1 unspecified atom stereocenters. The van der Waals surface area contributed by atoms with Gasteiger partial charge in [-0.2, -0.15) is 0 Å². The van der Waals surface area contributed by atoms with Gasteiger partial charge in [0.1, 0.15) is 17.2 Å². The first-order valence-electron chi connectivity index (χ1n) is 6.09. The van der Waals surface area contributed by atoms with Gasteiger partial charge in [-0.1, -0.05) is 12.2 Å². The number of phenols is 2. The Morgan fingerprint density at radius 3 is 2.41 bits per heavy atom. The second-order valence-corrected chi connectivity index (χ2v) is 4.40. The number of allylic oxidation sites excluding steroid dienone is 2. The van der Waals surface area contributed by atoms with Crippen molar-refractivity contribution >= 4 is 0 Å². The van der Waals surface area contributed by atoms with E-state index < -0.39 is 0 Å². The summed E-state index contributed by atoms with van der Waals surface area (Å²) in [4.78, 5) is 0. The molecule has 1 aliphatic carbocycles. The van der Waals surface area contributed by atoms with Gasteiger partial charge >= 0.3 is 0 Å². The highest BCUT2D eigenvalue weighted by Gasteiger charge is 2.12.